The quantitative estimate of drug-likeness (QED) is 0.398. The fourth-order valence-electron chi connectivity index (χ4n) is 2.42. The number of carbonyl (C=O) groups is 2. The summed E-state index contributed by atoms with van der Waals surface area (Å²) in [5.41, 5.74) is 4.05. The van der Waals surface area contributed by atoms with Crippen molar-refractivity contribution in [1.82, 2.24) is 0 Å². The maximum atomic E-state index is 12.1. The number of carbonyl (C=O) groups excluding carboxylic acids is 2. The van der Waals surface area contributed by atoms with Crippen LogP contribution in [0, 0.1) is 13.8 Å². The first-order chi connectivity index (χ1) is 11.6. The fraction of sp³-hybridized carbons (Fsp3) is 0.333. The molecule has 0 heterocycles. The summed E-state index contributed by atoms with van der Waals surface area (Å²) in [6.45, 7) is 4.35. The van der Waals surface area contributed by atoms with Crippen molar-refractivity contribution in [2.45, 2.75) is 46.1 Å². The van der Waals surface area contributed by atoms with Crippen LogP contribution in [0.4, 0.5) is 0 Å². The number of ether oxygens (including phenoxy) is 1. The van der Waals surface area contributed by atoms with Gasteiger partial charge in [0.15, 0.2) is 5.78 Å². The lowest BCUT2D eigenvalue weighted by atomic mass is 10.0. The van der Waals surface area contributed by atoms with Crippen LogP contribution in [-0.2, 0) is 16.1 Å². The van der Waals surface area contributed by atoms with Crippen molar-refractivity contribution in [1.29, 1.82) is 0 Å². The maximum Gasteiger partial charge on any atom is 0.306 e. The van der Waals surface area contributed by atoms with Gasteiger partial charge in [0.1, 0.15) is 6.61 Å². The molecule has 0 unspecified atom stereocenters. The van der Waals surface area contributed by atoms with Crippen LogP contribution in [0.25, 0.3) is 0 Å². The van der Waals surface area contributed by atoms with Crippen molar-refractivity contribution in [2.75, 3.05) is 0 Å². The summed E-state index contributed by atoms with van der Waals surface area (Å²) in [5, 5.41) is 0. The molecule has 126 valence electrons. The van der Waals surface area contributed by atoms with Crippen molar-refractivity contribution >= 4 is 11.8 Å². The van der Waals surface area contributed by atoms with Crippen LogP contribution in [-0.4, -0.2) is 11.8 Å². The van der Waals surface area contributed by atoms with Crippen molar-refractivity contribution in [3.63, 3.8) is 0 Å². The summed E-state index contributed by atoms with van der Waals surface area (Å²) < 4.78 is 5.22. The SMILES string of the molecule is Cc1ccc(C(=O)CCCCC(=O)OCc2ccccc2)cc1C. The Morgan fingerprint density at radius 3 is 2.29 bits per heavy atom. The van der Waals surface area contributed by atoms with Gasteiger partial charge in [-0.05, 0) is 49.4 Å². The molecule has 0 saturated carbocycles. The van der Waals surface area contributed by atoms with E-state index in [4.69, 9.17) is 4.74 Å². The molecule has 0 aliphatic rings. The third-order valence-electron chi connectivity index (χ3n) is 4.11. The average Bonchev–Trinajstić information content (AvgIpc) is 2.60. The van der Waals surface area contributed by atoms with Gasteiger partial charge in [0.05, 0.1) is 0 Å². The van der Waals surface area contributed by atoms with Gasteiger partial charge in [-0.25, -0.2) is 0 Å². The van der Waals surface area contributed by atoms with Crippen LogP contribution in [0.15, 0.2) is 48.5 Å². The van der Waals surface area contributed by atoms with Gasteiger partial charge in [0.2, 0.25) is 0 Å². The van der Waals surface area contributed by atoms with E-state index >= 15 is 0 Å². The predicted molar refractivity (Wildman–Crippen MR) is 95.0 cm³/mol. The van der Waals surface area contributed by atoms with Crippen LogP contribution >= 0.6 is 0 Å². The van der Waals surface area contributed by atoms with E-state index in [0.29, 0.717) is 32.3 Å². The Labute approximate surface area is 143 Å². The maximum absolute atomic E-state index is 12.1. The van der Waals surface area contributed by atoms with Crippen molar-refractivity contribution in [2.24, 2.45) is 0 Å². The molecule has 0 bridgehead atoms. The van der Waals surface area contributed by atoms with Gasteiger partial charge in [0.25, 0.3) is 0 Å². The van der Waals surface area contributed by atoms with E-state index in [1.54, 1.807) is 0 Å². The highest BCUT2D eigenvalue weighted by Gasteiger charge is 2.08. The normalized spacial score (nSPS) is 10.4. The molecule has 0 radical (unpaired) electrons. The first-order valence-electron chi connectivity index (χ1n) is 8.36. The summed E-state index contributed by atoms with van der Waals surface area (Å²) in [7, 11) is 0. The number of rotatable bonds is 8. The first-order valence-corrected chi connectivity index (χ1v) is 8.36. The first kappa shape index (κ1) is 17.9. The van der Waals surface area contributed by atoms with Crippen molar-refractivity contribution in [3.05, 3.63) is 70.8 Å². The largest absolute Gasteiger partial charge is 0.461 e. The average molecular weight is 324 g/mol. The summed E-state index contributed by atoms with van der Waals surface area (Å²) in [6, 6.07) is 15.4. The van der Waals surface area contributed by atoms with Gasteiger partial charge in [-0.1, -0.05) is 42.5 Å². The molecule has 0 aliphatic heterocycles. The zero-order valence-corrected chi connectivity index (χ0v) is 14.4. The smallest absolute Gasteiger partial charge is 0.306 e. The summed E-state index contributed by atoms with van der Waals surface area (Å²) >= 11 is 0. The van der Waals surface area contributed by atoms with E-state index in [1.807, 2.05) is 62.4 Å². The minimum atomic E-state index is -0.211. The summed E-state index contributed by atoms with van der Waals surface area (Å²) in [5.74, 6) is -0.0757. The Bertz CT molecular complexity index is 689. The zero-order chi connectivity index (χ0) is 17.4. The van der Waals surface area contributed by atoms with E-state index in [2.05, 4.69) is 0 Å². The highest BCUT2D eigenvalue weighted by molar-refractivity contribution is 5.96. The molecular weight excluding hydrogens is 300 g/mol. The molecule has 3 heteroatoms. The highest BCUT2D eigenvalue weighted by atomic mass is 16.5. The summed E-state index contributed by atoms with van der Waals surface area (Å²) in [4.78, 5) is 23.9. The van der Waals surface area contributed by atoms with Gasteiger partial charge in [0, 0.05) is 18.4 Å². The van der Waals surface area contributed by atoms with Gasteiger partial charge in [-0.2, -0.15) is 0 Å². The van der Waals surface area contributed by atoms with Crippen LogP contribution in [0.2, 0.25) is 0 Å². The molecule has 0 aliphatic carbocycles. The molecule has 0 amide bonds. The Morgan fingerprint density at radius 2 is 1.58 bits per heavy atom. The van der Waals surface area contributed by atoms with Crippen molar-refractivity contribution in [3.8, 4) is 0 Å². The Morgan fingerprint density at radius 1 is 0.875 bits per heavy atom. The molecule has 2 aromatic carbocycles. The third kappa shape index (κ3) is 5.65. The monoisotopic (exact) mass is 324 g/mol. The minimum Gasteiger partial charge on any atom is -0.461 e. The lowest BCUT2D eigenvalue weighted by Gasteiger charge is -2.06. The van der Waals surface area contributed by atoms with Crippen LogP contribution in [0.1, 0.15) is 52.7 Å². The number of Topliss-reactive ketones (excluding diaryl/α,β-unsaturated/α-hetero) is 1. The van der Waals surface area contributed by atoms with Crippen molar-refractivity contribution < 1.29 is 14.3 Å². The van der Waals surface area contributed by atoms with Crippen LogP contribution < -0.4 is 0 Å². The minimum absolute atomic E-state index is 0.135. The number of hydrogen-bond acceptors (Lipinski definition) is 3. The fourth-order valence-corrected chi connectivity index (χ4v) is 2.42. The topological polar surface area (TPSA) is 43.4 Å². The zero-order valence-electron chi connectivity index (χ0n) is 14.4. The molecule has 2 aromatic rings. The second-order valence-corrected chi connectivity index (χ2v) is 6.08. The van der Waals surface area contributed by atoms with Gasteiger partial charge in [-0.3, -0.25) is 9.59 Å². The number of hydrogen-bond donors (Lipinski definition) is 0. The predicted octanol–water partition coefficient (Wildman–Crippen LogP) is 4.79. The number of aryl methyl sites for hydroxylation is 2. The number of ketones is 1. The summed E-state index contributed by atoms with van der Waals surface area (Å²) in [6.07, 6.45) is 2.19. The highest BCUT2D eigenvalue weighted by Crippen LogP contribution is 2.14. The van der Waals surface area contributed by atoms with Gasteiger partial charge in [-0.15, -0.1) is 0 Å². The molecule has 0 aromatic heterocycles. The Kier molecular flexibility index (Phi) is 6.74. The van der Waals surface area contributed by atoms with E-state index in [1.165, 1.54) is 5.56 Å². The van der Waals surface area contributed by atoms with Gasteiger partial charge >= 0.3 is 5.97 Å². The van der Waals surface area contributed by atoms with Crippen LogP contribution in [0.3, 0.4) is 0 Å². The van der Waals surface area contributed by atoms with Gasteiger partial charge < -0.3 is 4.74 Å². The number of unbranched alkanes of at least 4 members (excludes halogenated alkanes) is 1. The van der Waals surface area contributed by atoms with E-state index in [0.717, 1.165) is 16.7 Å². The standard InChI is InChI=1S/C21H24O3/c1-16-12-13-19(14-17(16)2)20(22)10-6-7-11-21(23)24-15-18-8-4-3-5-9-18/h3-5,8-9,12-14H,6-7,10-11,15H2,1-2H3. The molecule has 0 atom stereocenters. The Hall–Kier alpha value is -2.42. The third-order valence-corrected chi connectivity index (χ3v) is 4.11. The number of esters is 1. The van der Waals surface area contributed by atoms with E-state index < -0.39 is 0 Å². The number of benzene rings is 2. The Balaban J connectivity index is 1.65. The molecule has 0 fully saturated rings. The molecule has 3 nitrogen and oxygen atoms in total. The second kappa shape index (κ2) is 9.02. The molecule has 0 saturated heterocycles. The molecule has 2 rings (SSSR count). The molecular formula is C21H24O3. The van der Waals surface area contributed by atoms with E-state index in [-0.39, 0.29) is 11.8 Å². The second-order valence-electron chi connectivity index (χ2n) is 6.08. The van der Waals surface area contributed by atoms with E-state index in [9.17, 15) is 9.59 Å². The lowest BCUT2D eigenvalue weighted by Crippen LogP contribution is -2.05. The van der Waals surface area contributed by atoms with Crippen LogP contribution in [0.5, 0.6) is 0 Å². The lowest BCUT2D eigenvalue weighted by molar-refractivity contribution is -0.145. The molecule has 0 spiro atoms. The molecule has 24 heavy (non-hydrogen) atoms. The molecule has 0 N–H and O–H groups in total.